The van der Waals surface area contributed by atoms with E-state index in [1.54, 1.807) is 0 Å². The van der Waals surface area contributed by atoms with Gasteiger partial charge < -0.3 is 4.90 Å². The smallest absolute Gasteiger partial charge is 0.222 e. The fourth-order valence-electron chi connectivity index (χ4n) is 2.69. The van der Waals surface area contributed by atoms with Crippen LogP contribution < -0.4 is 0 Å². The molecule has 2 nitrogen and oxygen atoms in total. The van der Waals surface area contributed by atoms with Crippen molar-refractivity contribution in [3.8, 4) is 0 Å². The Kier molecular flexibility index (Phi) is 5.44. The van der Waals surface area contributed by atoms with Gasteiger partial charge >= 0.3 is 0 Å². The van der Waals surface area contributed by atoms with E-state index in [9.17, 15) is 4.79 Å². The average molecular weight is 324 g/mol. The molecule has 0 aliphatic carbocycles. The highest BCUT2D eigenvalue weighted by molar-refractivity contribution is 9.09. The zero-order valence-electron chi connectivity index (χ0n) is 11.6. The molecule has 19 heavy (non-hydrogen) atoms. The summed E-state index contributed by atoms with van der Waals surface area (Å²) >= 11 is 3.53. The van der Waals surface area contributed by atoms with Crippen molar-refractivity contribution in [2.24, 2.45) is 5.92 Å². The van der Waals surface area contributed by atoms with Crippen molar-refractivity contribution in [3.63, 3.8) is 0 Å². The fraction of sp³-hybridized carbons (Fsp3) is 0.562. The standard InChI is InChI=1S/C16H22BrNO/c1-13-4-2-5-14(10-13)7-8-16(19)18-9-3-6-15(11-17)12-18/h2,4-5,10,15H,3,6-9,11-12H2,1H3. The lowest BCUT2D eigenvalue weighted by molar-refractivity contribution is -0.132. The molecule has 1 fully saturated rings. The molecule has 0 spiro atoms. The van der Waals surface area contributed by atoms with Crippen LogP contribution in [0.2, 0.25) is 0 Å². The number of benzene rings is 1. The highest BCUT2D eigenvalue weighted by Gasteiger charge is 2.22. The molecule has 0 aromatic heterocycles. The van der Waals surface area contributed by atoms with E-state index in [1.165, 1.54) is 17.5 Å². The SMILES string of the molecule is Cc1cccc(CCC(=O)N2CCCC(CBr)C2)c1. The lowest BCUT2D eigenvalue weighted by Gasteiger charge is -2.32. The van der Waals surface area contributed by atoms with E-state index < -0.39 is 0 Å². The number of amides is 1. The number of halogens is 1. The zero-order valence-corrected chi connectivity index (χ0v) is 13.2. The van der Waals surface area contributed by atoms with Crippen LogP contribution in [0, 0.1) is 12.8 Å². The minimum atomic E-state index is 0.312. The van der Waals surface area contributed by atoms with Crippen LogP contribution in [0.1, 0.15) is 30.4 Å². The molecule has 1 amide bonds. The van der Waals surface area contributed by atoms with Crippen LogP contribution in [0.3, 0.4) is 0 Å². The van der Waals surface area contributed by atoms with Gasteiger partial charge in [0.25, 0.3) is 0 Å². The highest BCUT2D eigenvalue weighted by Crippen LogP contribution is 2.19. The molecule has 0 N–H and O–H groups in total. The molecular weight excluding hydrogens is 302 g/mol. The third kappa shape index (κ3) is 4.34. The minimum Gasteiger partial charge on any atom is -0.342 e. The summed E-state index contributed by atoms with van der Waals surface area (Å²) in [7, 11) is 0. The number of rotatable bonds is 4. The predicted molar refractivity (Wildman–Crippen MR) is 82.6 cm³/mol. The number of hydrogen-bond acceptors (Lipinski definition) is 1. The number of piperidine rings is 1. The normalized spacial score (nSPS) is 19.5. The summed E-state index contributed by atoms with van der Waals surface area (Å²) in [6.45, 7) is 3.96. The number of aryl methyl sites for hydroxylation is 2. The first-order chi connectivity index (χ1) is 9.19. The van der Waals surface area contributed by atoms with Gasteiger partial charge in [-0.15, -0.1) is 0 Å². The number of hydrogen-bond donors (Lipinski definition) is 0. The van der Waals surface area contributed by atoms with Crippen molar-refractivity contribution in [1.29, 1.82) is 0 Å². The van der Waals surface area contributed by atoms with E-state index in [0.29, 0.717) is 18.2 Å². The summed E-state index contributed by atoms with van der Waals surface area (Å²) in [4.78, 5) is 14.3. The molecular formula is C16H22BrNO. The molecule has 1 aromatic rings. The van der Waals surface area contributed by atoms with Crippen molar-refractivity contribution in [3.05, 3.63) is 35.4 Å². The van der Waals surface area contributed by atoms with E-state index >= 15 is 0 Å². The number of likely N-dealkylation sites (tertiary alicyclic amines) is 1. The van der Waals surface area contributed by atoms with Gasteiger partial charge in [-0.25, -0.2) is 0 Å². The van der Waals surface area contributed by atoms with E-state index in [1.807, 2.05) is 4.90 Å². The molecule has 0 saturated carbocycles. The Balaban J connectivity index is 1.84. The van der Waals surface area contributed by atoms with Crippen LogP contribution in [0.5, 0.6) is 0 Å². The molecule has 1 aromatic carbocycles. The Morgan fingerprint density at radius 1 is 1.47 bits per heavy atom. The van der Waals surface area contributed by atoms with Crippen molar-refractivity contribution in [2.45, 2.75) is 32.6 Å². The fourth-order valence-corrected chi connectivity index (χ4v) is 3.22. The molecule has 3 heteroatoms. The van der Waals surface area contributed by atoms with Crippen LogP contribution in [-0.4, -0.2) is 29.2 Å². The Morgan fingerprint density at radius 2 is 2.32 bits per heavy atom. The van der Waals surface area contributed by atoms with Crippen LogP contribution in [0.25, 0.3) is 0 Å². The predicted octanol–water partition coefficient (Wildman–Crippen LogP) is 3.56. The van der Waals surface area contributed by atoms with Crippen LogP contribution in [-0.2, 0) is 11.2 Å². The third-order valence-electron chi connectivity index (χ3n) is 3.80. The van der Waals surface area contributed by atoms with Crippen LogP contribution >= 0.6 is 15.9 Å². The van der Waals surface area contributed by atoms with Crippen molar-refractivity contribution in [1.82, 2.24) is 4.90 Å². The summed E-state index contributed by atoms with van der Waals surface area (Å²) in [5.41, 5.74) is 2.53. The molecule has 1 aliphatic rings. The first-order valence-corrected chi connectivity index (χ1v) is 8.20. The second kappa shape index (κ2) is 7.09. The molecule has 1 aliphatic heterocycles. The maximum absolute atomic E-state index is 12.2. The summed E-state index contributed by atoms with van der Waals surface area (Å²) < 4.78 is 0. The summed E-state index contributed by atoms with van der Waals surface area (Å²) in [6, 6.07) is 8.44. The molecule has 0 radical (unpaired) electrons. The van der Waals surface area contributed by atoms with E-state index in [4.69, 9.17) is 0 Å². The van der Waals surface area contributed by atoms with Crippen molar-refractivity contribution >= 4 is 21.8 Å². The summed E-state index contributed by atoms with van der Waals surface area (Å²) in [5, 5.41) is 1.01. The maximum atomic E-state index is 12.2. The van der Waals surface area contributed by atoms with Gasteiger partial charge in [0.15, 0.2) is 0 Å². The largest absolute Gasteiger partial charge is 0.342 e. The molecule has 104 valence electrons. The molecule has 1 atom stereocenters. The van der Waals surface area contributed by atoms with Gasteiger partial charge in [-0.2, -0.15) is 0 Å². The Hall–Kier alpha value is -0.830. The molecule has 1 unspecified atom stereocenters. The average Bonchev–Trinajstić information content (AvgIpc) is 2.45. The second-order valence-corrected chi connectivity index (χ2v) is 6.14. The van der Waals surface area contributed by atoms with Gasteiger partial charge in [0.1, 0.15) is 0 Å². The van der Waals surface area contributed by atoms with Crippen molar-refractivity contribution in [2.75, 3.05) is 18.4 Å². The van der Waals surface area contributed by atoms with Crippen LogP contribution in [0.15, 0.2) is 24.3 Å². The second-order valence-electron chi connectivity index (χ2n) is 5.49. The maximum Gasteiger partial charge on any atom is 0.222 e. The van der Waals surface area contributed by atoms with E-state index in [2.05, 4.69) is 47.1 Å². The van der Waals surface area contributed by atoms with Gasteiger partial charge in [-0.05, 0) is 37.7 Å². The number of carbonyl (C=O) groups is 1. The third-order valence-corrected chi connectivity index (χ3v) is 4.72. The van der Waals surface area contributed by atoms with E-state index in [0.717, 1.165) is 31.3 Å². The van der Waals surface area contributed by atoms with Gasteiger partial charge in [-0.3, -0.25) is 4.79 Å². The Morgan fingerprint density at radius 3 is 3.05 bits per heavy atom. The number of carbonyl (C=O) groups excluding carboxylic acids is 1. The Bertz CT molecular complexity index is 433. The quantitative estimate of drug-likeness (QED) is 0.776. The van der Waals surface area contributed by atoms with Crippen LogP contribution in [0.4, 0.5) is 0 Å². The summed E-state index contributed by atoms with van der Waals surface area (Å²) in [5.74, 6) is 0.948. The number of nitrogens with zero attached hydrogens (tertiary/aromatic N) is 1. The first-order valence-electron chi connectivity index (χ1n) is 7.08. The lowest BCUT2D eigenvalue weighted by atomic mass is 9.99. The van der Waals surface area contributed by atoms with E-state index in [-0.39, 0.29) is 0 Å². The van der Waals surface area contributed by atoms with Gasteiger partial charge in [-0.1, -0.05) is 45.8 Å². The molecule has 1 heterocycles. The summed E-state index contributed by atoms with van der Waals surface area (Å²) in [6.07, 6.45) is 3.88. The van der Waals surface area contributed by atoms with Gasteiger partial charge in [0.2, 0.25) is 5.91 Å². The lowest BCUT2D eigenvalue weighted by Crippen LogP contribution is -2.40. The Labute approximate surface area is 124 Å². The van der Waals surface area contributed by atoms with Gasteiger partial charge in [0, 0.05) is 24.8 Å². The topological polar surface area (TPSA) is 20.3 Å². The van der Waals surface area contributed by atoms with Crippen molar-refractivity contribution < 1.29 is 4.79 Å². The minimum absolute atomic E-state index is 0.312. The molecule has 0 bridgehead atoms. The van der Waals surface area contributed by atoms with Gasteiger partial charge in [0.05, 0.1) is 0 Å². The molecule has 2 rings (SSSR count). The first kappa shape index (κ1) is 14.6. The zero-order chi connectivity index (χ0) is 13.7. The monoisotopic (exact) mass is 323 g/mol. The highest BCUT2D eigenvalue weighted by atomic mass is 79.9. The molecule has 1 saturated heterocycles. The number of alkyl halides is 1.